The van der Waals surface area contributed by atoms with Crippen LogP contribution in [-0.2, 0) is 15.1 Å². The molecule has 0 fully saturated rings. The zero-order valence-corrected chi connectivity index (χ0v) is 27.3. The Hall–Kier alpha value is -6.26. The third-order valence-corrected chi connectivity index (χ3v) is 8.80. The second-order valence-corrected chi connectivity index (χ2v) is 11.6. The van der Waals surface area contributed by atoms with E-state index in [-0.39, 0.29) is 18.1 Å². The van der Waals surface area contributed by atoms with Gasteiger partial charge in [0.1, 0.15) is 29.5 Å². The number of aromatic amines is 1. The largest absolute Gasteiger partial charge is 0.505 e. The van der Waals surface area contributed by atoms with Gasteiger partial charge in [-0.2, -0.15) is 0 Å². The van der Waals surface area contributed by atoms with Crippen LogP contribution in [0.1, 0.15) is 22.9 Å². The lowest BCUT2D eigenvalue weighted by atomic mass is 9.80. The first-order valence-corrected chi connectivity index (χ1v) is 15.9. The zero-order valence-electron chi connectivity index (χ0n) is 27.3. The van der Waals surface area contributed by atoms with Crippen LogP contribution in [0.25, 0.3) is 10.8 Å². The first-order valence-electron chi connectivity index (χ1n) is 15.9. The fraction of sp³-hybridized carbons (Fsp3) is 0.150. The van der Waals surface area contributed by atoms with Crippen molar-refractivity contribution >= 4 is 10.8 Å². The van der Waals surface area contributed by atoms with Crippen molar-refractivity contribution in [2.75, 3.05) is 20.8 Å². The summed E-state index contributed by atoms with van der Waals surface area (Å²) in [5.41, 5.74) is -0.128. The van der Waals surface area contributed by atoms with Crippen molar-refractivity contribution in [1.82, 2.24) is 9.55 Å². The summed E-state index contributed by atoms with van der Waals surface area (Å²) in [6.07, 6.45) is -1.04. The molecule has 0 saturated carbocycles. The molecule has 2 atom stereocenters. The van der Waals surface area contributed by atoms with Crippen LogP contribution in [0.4, 0.5) is 0 Å². The Morgan fingerprint density at radius 1 is 0.740 bits per heavy atom. The molecule has 0 spiro atoms. The average molecular weight is 671 g/mol. The summed E-state index contributed by atoms with van der Waals surface area (Å²) < 4.78 is 31.8. The number of H-pyrrole nitrogens is 1. The van der Waals surface area contributed by atoms with Gasteiger partial charge in [0.2, 0.25) is 12.3 Å². The van der Waals surface area contributed by atoms with Crippen molar-refractivity contribution in [2.24, 2.45) is 0 Å². The standard InChI is InChI=1S/C40H34N2O8/c1-46-30-19-15-28(16-20-30)40(27-11-4-3-5-12-27,29-17-21-31(47-2)22-18-29)48-25-34-36(44)37(38(50-34)42-24-23-35(43)41-39(42)45)49-33-14-8-10-26-9-6-7-13-32(26)33/h3-24,37-38,44H,25H2,1-2H3,(H,41,43,45)/t37?,38-/m1/s1. The van der Waals surface area contributed by atoms with Crippen molar-refractivity contribution in [3.05, 3.63) is 183 Å². The van der Waals surface area contributed by atoms with Crippen LogP contribution in [0.2, 0.25) is 0 Å². The van der Waals surface area contributed by atoms with Crippen LogP contribution >= 0.6 is 0 Å². The van der Waals surface area contributed by atoms with Crippen LogP contribution in [0.5, 0.6) is 17.2 Å². The van der Waals surface area contributed by atoms with Crippen molar-refractivity contribution in [2.45, 2.75) is 17.9 Å². The molecule has 0 bridgehead atoms. The number of benzene rings is 5. The molecule has 0 saturated heterocycles. The highest BCUT2D eigenvalue weighted by Gasteiger charge is 2.44. The number of fused-ring (bicyclic) bond motifs is 1. The second-order valence-electron chi connectivity index (χ2n) is 11.6. The maximum atomic E-state index is 13.0. The highest BCUT2D eigenvalue weighted by atomic mass is 16.6. The summed E-state index contributed by atoms with van der Waals surface area (Å²) in [5.74, 6) is 1.62. The Balaban J connectivity index is 1.33. The van der Waals surface area contributed by atoms with E-state index in [1.165, 1.54) is 16.8 Å². The Morgan fingerprint density at radius 3 is 1.98 bits per heavy atom. The quantitative estimate of drug-likeness (QED) is 0.151. The van der Waals surface area contributed by atoms with Gasteiger partial charge in [0, 0.05) is 17.6 Å². The van der Waals surface area contributed by atoms with E-state index in [1.807, 2.05) is 115 Å². The number of hydrogen-bond acceptors (Lipinski definition) is 8. The van der Waals surface area contributed by atoms with Gasteiger partial charge in [0.05, 0.1) is 14.2 Å². The fourth-order valence-corrected chi connectivity index (χ4v) is 6.30. The lowest BCUT2D eigenvalue weighted by Gasteiger charge is -2.36. The van der Waals surface area contributed by atoms with E-state index in [1.54, 1.807) is 20.3 Å². The Labute approximate surface area is 287 Å². The third kappa shape index (κ3) is 5.97. The van der Waals surface area contributed by atoms with Gasteiger partial charge in [-0.15, -0.1) is 0 Å². The lowest BCUT2D eigenvalue weighted by Crippen LogP contribution is -2.38. The average Bonchev–Trinajstić information content (AvgIpc) is 3.46. The summed E-state index contributed by atoms with van der Waals surface area (Å²) in [7, 11) is 3.21. The van der Waals surface area contributed by atoms with Gasteiger partial charge < -0.3 is 28.8 Å². The molecule has 6 aromatic rings. The van der Waals surface area contributed by atoms with Crippen molar-refractivity contribution in [1.29, 1.82) is 0 Å². The number of rotatable bonds is 11. The molecule has 2 heterocycles. The van der Waals surface area contributed by atoms with Gasteiger partial charge in [-0.25, -0.2) is 4.79 Å². The molecule has 1 aliphatic rings. The second kappa shape index (κ2) is 13.7. The molecule has 1 aliphatic heterocycles. The number of ether oxygens (including phenoxy) is 5. The van der Waals surface area contributed by atoms with Gasteiger partial charge in [-0.3, -0.25) is 14.3 Å². The minimum absolute atomic E-state index is 0.0562. The monoisotopic (exact) mass is 670 g/mol. The normalized spacial score (nSPS) is 15.9. The SMILES string of the molecule is COc1ccc(C(OCC2=C(O)C(Oc3cccc4ccccc34)[C@H](n3ccc(=O)[nH]c3=O)O2)(c2ccccc2)c2ccc(OC)cc2)cc1. The number of aliphatic hydroxyl groups excluding tert-OH is 1. The van der Waals surface area contributed by atoms with Crippen LogP contribution < -0.4 is 25.5 Å². The number of hydrogen-bond donors (Lipinski definition) is 2. The lowest BCUT2D eigenvalue weighted by molar-refractivity contribution is -0.0329. The third-order valence-electron chi connectivity index (χ3n) is 8.80. The number of aromatic nitrogens is 2. The van der Waals surface area contributed by atoms with Crippen LogP contribution in [0, 0.1) is 0 Å². The number of nitrogens with one attached hydrogen (secondary N) is 1. The Kier molecular flexibility index (Phi) is 8.85. The van der Waals surface area contributed by atoms with E-state index in [4.69, 9.17) is 23.7 Å². The molecule has 252 valence electrons. The first kappa shape index (κ1) is 32.3. The van der Waals surface area contributed by atoms with E-state index >= 15 is 0 Å². The van der Waals surface area contributed by atoms with Gasteiger partial charge in [-0.05, 0) is 52.4 Å². The molecular weight excluding hydrogens is 636 g/mol. The maximum absolute atomic E-state index is 13.0. The summed E-state index contributed by atoms with van der Waals surface area (Å²) in [5, 5.41) is 13.6. The number of methoxy groups -OCH3 is 2. The first-order chi connectivity index (χ1) is 24.4. The Bertz CT molecular complexity index is 2210. The molecule has 10 nitrogen and oxygen atoms in total. The topological polar surface area (TPSA) is 121 Å². The smallest absolute Gasteiger partial charge is 0.331 e. The molecule has 0 aliphatic carbocycles. The number of aliphatic hydroxyl groups is 1. The summed E-state index contributed by atoms with van der Waals surface area (Å²) in [6.45, 7) is -0.233. The fourth-order valence-electron chi connectivity index (χ4n) is 6.30. The summed E-state index contributed by atoms with van der Waals surface area (Å²) >= 11 is 0. The molecule has 50 heavy (non-hydrogen) atoms. The molecule has 7 rings (SSSR count). The predicted octanol–water partition coefficient (Wildman–Crippen LogP) is 6.46. The van der Waals surface area contributed by atoms with Crippen LogP contribution in [0.3, 0.4) is 0 Å². The summed E-state index contributed by atoms with van der Waals surface area (Å²) in [6, 6.07) is 39.3. The highest BCUT2D eigenvalue weighted by molar-refractivity contribution is 5.88. The van der Waals surface area contributed by atoms with E-state index in [0.717, 1.165) is 27.5 Å². The minimum Gasteiger partial charge on any atom is -0.505 e. The number of nitrogens with zero attached hydrogens (tertiary/aromatic N) is 1. The van der Waals surface area contributed by atoms with E-state index in [2.05, 4.69) is 4.98 Å². The molecule has 0 amide bonds. The van der Waals surface area contributed by atoms with E-state index < -0.39 is 29.2 Å². The van der Waals surface area contributed by atoms with Gasteiger partial charge in [0.15, 0.2) is 11.5 Å². The van der Waals surface area contributed by atoms with Gasteiger partial charge in [0.25, 0.3) is 5.56 Å². The van der Waals surface area contributed by atoms with Crippen LogP contribution in [-0.4, -0.2) is 41.6 Å². The van der Waals surface area contributed by atoms with E-state index in [0.29, 0.717) is 17.2 Å². The van der Waals surface area contributed by atoms with E-state index in [9.17, 15) is 14.7 Å². The summed E-state index contributed by atoms with van der Waals surface area (Å²) in [4.78, 5) is 27.3. The molecule has 2 N–H and O–H groups in total. The molecular formula is C40H34N2O8. The maximum Gasteiger partial charge on any atom is 0.331 e. The highest BCUT2D eigenvalue weighted by Crippen LogP contribution is 2.43. The molecule has 1 aromatic heterocycles. The molecule has 1 unspecified atom stereocenters. The minimum atomic E-state index is -1.21. The van der Waals surface area contributed by atoms with Crippen molar-refractivity contribution in [3.8, 4) is 17.2 Å². The van der Waals surface area contributed by atoms with Gasteiger partial charge >= 0.3 is 5.69 Å². The molecule has 10 heteroatoms. The molecule has 5 aromatic carbocycles. The molecule has 0 radical (unpaired) electrons. The van der Waals surface area contributed by atoms with Crippen molar-refractivity contribution in [3.63, 3.8) is 0 Å². The predicted molar refractivity (Wildman–Crippen MR) is 188 cm³/mol. The van der Waals surface area contributed by atoms with Crippen molar-refractivity contribution < 1.29 is 28.8 Å². The van der Waals surface area contributed by atoms with Gasteiger partial charge in [-0.1, -0.05) is 91.0 Å². The van der Waals surface area contributed by atoms with Crippen LogP contribution in [0.15, 0.2) is 155 Å². The zero-order chi connectivity index (χ0) is 34.7. The Morgan fingerprint density at radius 2 is 1.34 bits per heavy atom.